The summed E-state index contributed by atoms with van der Waals surface area (Å²) in [4.78, 5) is 13.3. The zero-order valence-electron chi connectivity index (χ0n) is 14.9. The average Bonchev–Trinajstić information content (AvgIpc) is 3.05. The Morgan fingerprint density at radius 2 is 2.12 bits per heavy atom. The standard InChI is InChI=1S/C19H20N4O3/c1-4-25-18(24)19(12-8-6-5-7-9-12)13(10-20)16(21)26-17-14(19)15(11(2)3)22-23-17/h5-9,11H,4,21H2,1-3H3,(H,22,23). The van der Waals surface area contributed by atoms with Gasteiger partial charge in [0.15, 0.2) is 5.41 Å². The molecule has 1 aliphatic rings. The number of nitrogens with one attached hydrogen (secondary N) is 1. The molecule has 0 radical (unpaired) electrons. The number of hydrogen-bond donors (Lipinski definition) is 2. The van der Waals surface area contributed by atoms with Crippen LogP contribution in [-0.2, 0) is 14.9 Å². The molecule has 0 bridgehead atoms. The smallest absolute Gasteiger partial charge is 0.326 e. The fourth-order valence-corrected chi connectivity index (χ4v) is 3.33. The molecule has 2 aromatic rings. The van der Waals surface area contributed by atoms with Crippen LogP contribution < -0.4 is 10.5 Å². The van der Waals surface area contributed by atoms with Gasteiger partial charge in [-0.15, -0.1) is 5.10 Å². The predicted octanol–water partition coefficient (Wildman–Crippen LogP) is 2.47. The molecular weight excluding hydrogens is 332 g/mol. The summed E-state index contributed by atoms with van der Waals surface area (Å²) in [6.07, 6.45) is 0. The third-order valence-corrected chi connectivity index (χ3v) is 4.44. The highest BCUT2D eigenvalue weighted by Gasteiger charge is 2.56. The fourth-order valence-electron chi connectivity index (χ4n) is 3.33. The van der Waals surface area contributed by atoms with Crippen molar-refractivity contribution in [2.24, 2.45) is 5.73 Å². The van der Waals surface area contributed by atoms with E-state index in [2.05, 4.69) is 16.3 Å². The Kier molecular flexibility index (Phi) is 4.43. The number of ether oxygens (including phenoxy) is 2. The Bertz CT molecular complexity index is 909. The van der Waals surface area contributed by atoms with Crippen LogP contribution in [0.4, 0.5) is 0 Å². The summed E-state index contributed by atoms with van der Waals surface area (Å²) < 4.78 is 11.0. The first-order valence-corrected chi connectivity index (χ1v) is 8.38. The molecule has 0 amide bonds. The van der Waals surface area contributed by atoms with E-state index in [9.17, 15) is 10.1 Å². The molecule has 0 aliphatic carbocycles. The Hall–Kier alpha value is -3.27. The minimum absolute atomic E-state index is 0.00190. The Morgan fingerprint density at radius 3 is 2.69 bits per heavy atom. The highest BCUT2D eigenvalue weighted by Crippen LogP contribution is 2.50. The number of hydrogen-bond acceptors (Lipinski definition) is 6. The van der Waals surface area contributed by atoms with Gasteiger partial charge in [0.2, 0.25) is 11.8 Å². The molecule has 3 rings (SSSR count). The third-order valence-electron chi connectivity index (χ3n) is 4.44. The van der Waals surface area contributed by atoms with Crippen LogP contribution in [0.2, 0.25) is 0 Å². The second kappa shape index (κ2) is 6.56. The number of nitrogens with two attached hydrogens (primary N) is 1. The van der Waals surface area contributed by atoms with Crippen LogP contribution in [-0.4, -0.2) is 22.8 Å². The van der Waals surface area contributed by atoms with Crippen LogP contribution in [0, 0.1) is 11.3 Å². The summed E-state index contributed by atoms with van der Waals surface area (Å²) in [6.45, 7) is 5.80. The largest absolute Gasteiger partial charge is 0.465 e. The lowest BCUT2D eigenvalue weighted by molar-refractivity contribution is -0.147. The molecule has 0 saturated heterocycles. The van der Waals surface area contributed by atoms with Gasteiger partial charge in [0.05, 0.1) is 12.2 Å². The van der Waals surface area contributed by atoms with Crippen molar-refractivity contribution in [2.75, 3.05) is 6.61 Å². The molecule has 1 aromatic heterocycles. The second-order valence-electron chi connectivity index (χ2n) is 6.26. The maximum Gasteiger partial charge on any atom is 0.326 e. The number of nitrogens with zero attached hydrogens (tertiary/aromatic N) is 2. The van der Waals surface area contributed by atoms with Gasteiger partial charge in [0.1, 0.15) is 11.6 Å². The highest BCUT2D eigenvalue weighted by molar-refractivity contribution is 5.95. The molecule has 134 valence electrons. The van der Waals surface area contributed by atoms with Gasteiger partial charge >= 0.3 is 5.97 Å². The molecule has 2 heterocycles. The zero-order chi connectivity index (χ0) is 18.9. The van der Waals surface area contributed by atoms with Gasteiger partial charge in [0.25, 0.3) is 0 Å². The second-order valence-corrected chi connectivity index (χ2v) is 6.26. The first kappa shape index (κ1) is 17.5. The van der Waals surface area contributed by atoms with E-state index in [0.29, 0.717) is 16.8 Å². The van der Waals surface area contributed by atoms with Gasteiger partial charge in [-0.3, -0.25) is 9.89 Å². The topological polar surface area (TPSA) is 114 Å². The maximum absolute atomic E-state index is 13.3. The first-order valence-electron chi connectivity index (χ1n) is 8.38. The molecular formula is C19H20N4O3. The number of benzene rings is 1. The summed E-state index contributed by atoms with van der Waals surface area (Å²) in [6, 6.07) is 11.0. The number of rotatable bonds is 4. The average molecular weight is 352 g/mol. The van der Waals surface area contributed by atoms with E-state index in [4.69, 9.17) is 15.2 Å². The molecule has 7 heteroatoms. The van der Waals surface area contributed by atoms with Crippen molar-refractivity contribution >= 4 is 5.97 Å². The monoisotopic (exact) mass is 352 g/mol. The maximum atomic E-state index is 13.3. The van der Waals surface area contributed by atoms with Crippen molar-refractivity contribution in [1.82, 2.24) is 10.2 Å². The van der Waals surface area contributed by atoms with E-state index < -0.39 is 11.4 Å². The number of fused-ring (bicyclic) bond motifs is 1. The number of nitriles is 1. The molecule has 1 aliphatic heterocycles. The van der Waals surface area contributed by atoms with Crippen LogP contribution in [0.5, 0.6) is 5.88 Å². The third kappa shape index (κ3) is 2.34. The molecule has 0 fully saturated rings. The van der Waals surface area contributed by atoms with Gasteiger partial charge in [-0.1, -0.05) is 44.2 Å². The van der Waals surface area contributed by atoms with Gasteiger partial charge in [-0.05, 0) is 18.4 Å². The summed E-state index contributed by atoms with van der Waals surface area (Å²) in [7, 11) is 0. The van der Waals surface area contributed by atoms with Gasteiger partial charge in [0, 0.05) is 5.69 Å². The lowest BCUT2D eigenvalue weighted by atomic mass is 9.67. The number of aromatic nitrogens is 2. The van der Waals surface area contributed by atoms with Gasteiger partial charge in [-0.2, -0.15) is 5.26 Å². The van der Waals surface area contributed by atoms with Gasteiger partial charge in [-0.25, -0.2) is 0 Å². The number of H-pyrrole nitrogens is 1. The lowest BCUT2D eigenvalue weighted by Crippen LogP contribution is -2.45. The molecule has 3 N–H and O–H groups in total. The van der Waals surface area contributed by atoms with Crippen LogP contribution >= 0.6 is 0 Å². The fraction of sp³-hybridized carbons (Fsp3) is 0.316. The van der Waals surface area contributed by atoms with E-state index in [1.165, 1.54) is 0 Å². The molecule has 1 atom stereocenters. The van der Waals surface area contributed by atoms with Crippen molar-refractivity contribution in [1.29, 1.82) is 5.26 Å². The van der Waals surface area contributed by atoms with E-state index in [0.717, 1.165) is 0 Å². The van der Waals surface area contributed by atoms with Crippen LogP contribution in [0.1, 0.15) is 43.5 Å². The number of carbonyl (C=O) groups excluding carboxylic acids is 1. The molecule has 0 spiro atoms. The van der Waals surface area contributed by atoms with Crippen molar-refractivity contribution in [3.8, 4) is 11.9 Å². The quantitative estimate of drug-likeness (QED) is 0.817. The summed E-state index contributed by atoms with van der Waals surface area (Å²) in [5.74, 6) is -0.550. The number of esters is 1. The van der Waals surface area contributed by atoms with E-state index >= 15 is 0 Å². The van der Waals surface area contributed by atoms with Gasteiger partial charge < -0.3 is 15.2 Å². The van der Waals surface area contributed by atoms with Crippen LogP contribution in [0.15, 0.2) is 41.8 Å². The minimum Gasteiger partial charge on any atom is -0.465 e. The van der Waals surface area contributed by atoms with E-state index in [1.807, 2.05) is 19.9 Å². The summed E-state index contributed by atoms with van der Waals surface area (Å²) in [5.41, 5.74) is 6.22. The molecule has 0 saturated carbocycles. The normalized spacial score (nSPS) is 18.9. The Balaban J connectivity index is 2.46. The molecule has 1 unspecified atom stereocenters. The highest BCUT2D eigenvalue weighted by atomic mass is 16.5. The SMILES string of the molecule is CCOC(=O)C1(c2ccccc2)C(C#N)=C(N)Oc2n[nH]c(C(C)C)c21. The van der Waals surface area contributed by atoms with Crippen molar-refractivity contribution in [3.63, 3.8) is 0 Å². The Morgan fingerprint density at radius 1 is 1.42 bits per heavy atom. The van der Waals surface area contributed by atoms with Crippen molar-refractivity contribution in [3.05, 3.63) is 58.6 Å². The number of carbonyl (C=O) groups is 1. The Labute approximate surface area is 151 Å². The molecule has 26 heavy (non-hydrogen) atoms. The van der Waals surface area contributed by atoms with Crippen molar-refractivity contribution < 1.29 is 14.3 Å². The predicted molar refractivity (Wildman–Crippen MR) is 94.0 cm³/mol. The van der Waals surface area contributed by atoms with Crippen LogP contribution in [0.3, 0.4) is 0 Å². The van der Waals surface area contributed by atoms with E-state index in [-0.39, 0.29) is 29.9 Å². The van der Waals surface area contributed by atoms with E-state index in [1.54, 1.807) is 31.2 Å². The summed E-state index contributed by atoms with van der Waals surface area (Å²) >= 11 is 0. The van der Waals surface area contributed by atoms with Crippen molar-refractivity contribution in [2.45, 2.75) is 32.1 Å². The minimum atomic E-state index is -1.53. The van der Waals surface area contributed by atoms with Crippen LogP contribution in [0.25, 0.3) is 0 Å². The first-order chi connectivity index (χ1) is 12.5. The lowest BCUT2D eigenvalue weighted by Gasteiger charge is -2.35. The zero-order valence-corrected chi connectivity index (χ0v) is 14.9. The number of aromatic amines is 1. The summed E-state index contributed by atoms with van der Waals surface area (Å²) in [5, 5.41) is 17.0. The molecule has 1 aromatic carbocycles. The molecule has 7 nitrogen and oxygen atoms in total.